The lowest BCUT2D eigenvalue weighted by atomic mass is 10.2. The van der Waals surface area contributed by atoms with E-state index in [9.17, 15) is 0 Å². The molecule has 2 aromatic carbocycles. The molecule has 1 aliphatic heterocycles. The van der Waals surface area contributed by atoms with Crippen molar-refractivity contribution in [1.82, 2.24) is 20.2 Å². The third-order valence-electron chi connectivity index (χ3n) is 5.43. The Balaban J connectivity index is 1.58. The molecule has 0 saturated carbocycles. The van der Waals surface area contributed by atoms with Crippen LogP contribution in [0.4, 0.5) is 11.5 Å². The monoisotopic (exact) mass is 447 g/mol. The molecule has 8 nitrogen and oxygen atoms in total. The maximum Gasteiger partial charge on any atom is 0.163 e. The third-order valence-corrected chi connectivity index (χ3v) is 5.43. The number of terminal acetylenes is 1. The van der Waals surface area contributed by atoms with Crippen LogP contribution in [0.2, 0.25) is 0 Å². The van der Waals surface area contributed by atoms with Crippen LogP contribution in [0.3, 0.4) is 0 Å². The van der Waals surface area contributed by atoms with Gasteiger partial charge in [0.05, 0.1) is 12.1 Å². The minimum atomic E-state index is 0.0692. The zero-order valence-electron chi connectivity index (χ0n) is 18.6. The molecular formula is C25H29N5O3. The number of rotatable bonds is 10. The standard InChI is InChI=1S/C25H29N5O3/c1-2-19-5-3-6-20(15-19)29-25-21-16-23(33-14-11-30-9-7-26-8-10-30)24(32-13-4-12-31)17-22(21)27-18-28-25/h1,3,5-6,15-18,26,31H,4,7-14H2,(H,27,28,29). The highest BCUT2D eigenvalue weighted by atomic mass is 16.5. The van der Waals surface area contributed by atoms with Gasteiger partial charge in [0.1, 0.15) is 18.8 Å². The molecule has 0 spiro atoms. The van der Waals surface area contributed by atoms with Gasteiger partial charge < -0.3 is 25.2 Å². The second-order valence-electron chi connectivity index (χ2n) is 7.75. The molecule has 1 aliphatic rings. The van der Waals surface area contributed by atoms with Gasteiger partial charge in [-0.15, -0.1) is 6.42 Å². The topological polar surface area (TPSA) is 91.8 Å². The molecule has 3 N–H and O–H groups in total. The highest BCUT2D eigenvalue weighted by Gasteiger charge is 2.14. The van der Waals surface area contributed by atoms with Crippen molar-refractivity contribution in [3.05, 3.63) is 48.3 Å². The van der Waals surface area contributed by atoms with Crippen LogP contribution in [0.25, 0.3) is 10.9 Å². The summed E-state index contributed by atoms with van der Waals surface area (Å²) in [7, 11) is 0. The molecule has 33 heavy (non-hydrogen) atoms. The van der Waals surface area contributed by atoms with Crippen molar-refractivity contribution in [1.29, 1.82) is 0 Å². The van der Waals surface area contributed by atoms with Gasteiger partial charge in [0.2, 0.25) is 0 Å². The normalized spacial score (nSPS) is 14.1. The fraction of sp³-hybridized carbons (Fsp3) is 0.360. The Morgan fingerprint density at radius 1 is 1.09 bits per heavy atom. The van der Waals surface area contributed by atoms with Crippen molar-refractivity contribution >= 4 is 22.4 Å². The van der Waals surface area contributed by atoms with Gasteiger partial charge in [-0.3, -0.25) is 4.90 Å². The summed E-state index contributed by atoms with van der Waals surface area (Å²) in [6, 6.07) is 11.4. The van der Waals surface area contributed by atoms with Crippen LogP contribution in [-0.2, 0) is 0 Å². The molecule has 0 bridgehead atoms. The quantitative estimate of drug-likeness (QED) is 0.322. The molecule has 2 heterocycles. The lowest BCUT2D eigenvalue weighted by molar-refractivity contribution is 0.184. The largest absolute Gasteiger partial charge is 0.490 e. The first-order chi connectivity index (χ1) is 16.3. The third kappa shape index (κ3) is 6.11. The van der Waals surface area contributed by atoms with Crippen molar-refractivity contribution in [2.75, 3.05) is 57.9 Å². The van der Waals surface area contributed by atoms with E-state index in [0.29, 0.717) is 37.0 Å². The van der Waals surface area contributed by atoms with E-state index in [1.165, 1.54) is 6.33 Å². The summed E-state index contributed by atoms with van der Waals surface area (Å²) < 4.78 is 12.1. The molecule has 8 heteroatoms. The molecule has 0 aliphatic carbocycles. The summed E-state index contributed by atoms with van der Waals surface area (Å²) in [4.78, 5) is 11.2. The molecule has 0 radical (unpaired) electrons. The van der Waals surface area contributed by atoms with Crippen LogP contribution in [0.1, 0.15) is 12.0 Å². The number of aromatic nitrogens is 2. The van der Waals surface area contributed by atoms with Crippen LogP contribution in [0.5, 0.6) is 11.5 Å². The van der Waals surface area contributed by atoms with Crippen LogP contribution in [-0.4, -0.2) is 72.5 Å². The van der Waals surface area contributed by atoms with Crippen LogP contribution >= 0.6 is 0 Å². The van der Waals surface area contributed by atoms with E-state index in [1.807, 2.05) is 36.4 Å². The summed E-state index contributed by atoms with van der Waals surface area (Å²) >= 11 is 0. The zero-order chi connectivity index (χ0) is 22.9. The molecule has 0 atom stereocenters. The Morgan fingerprint density at radius 3 is 2.73 bits per heavy atom. The number of fused-ring (bicyclic) bond motifs is 1. The number of anilines is 2. The van der Waals surface area contributed by atoms with Crippen molar-refractivity contribution in [3.63, 3.8) is 0 Å². The van der Waals surface area contributed by atoms with Gasteiger partial charge in [-0.1, -0.05) is 12.0 Å². The summed E-state index contributed by atoms with van der Waals surface area (Å²) in [5, 5.41) is 16.6. The van der Waals surface area contributed by atoms with Gasteiger partial charge in [-0.2, -0.15) is 0 Å². The van der Waals surface area contributed by atoms with Gasteiger partial charge in [0.15, 0.2) is 11.5 Å². The van der Waals surface area contributed by atoms with E-state index in [4.69, 9.17) is 21.0 Å². The van der Waals surface area contributed by atoms with Gasteiger partial charge in [-0.05, 0) is 24.3 Å². The van der Waals surface area contributed by atoms with E-state index in [0.717, 1.165) is 54.9 Å². The second kappa shape index (κ2) is 11.5. The fourth-order valence-corrected chi connectivity index (χ4v) is 3.68. The number of nitrogens with one attached hydrogen (secondary N) is 2. The van der Waals surface area contributed by atoms with Gasteiger partial charge >= 0.3 is 0 Å². The Bertz CT molecular complexity index is 1110. The minimum Gasteiger partial charge on any atom is -0.490 e. The van der Waals surface area contributed by atoms with E-state index in [-0.39, 0.29) is 6.61 Å². The lowest BCUT2D eigenvalue weighted by Crippen LogP contribution is -2.44. The summed E-state index contributed by atoms with van der Waals surface area (Å²) in [6.45, 7) is 5.87. The predicted octanol–water partition coefficient (Wildman–Crippen LogP) is 2.40. The molecule has 1 fully saturated rings. The number of ether oxygens (including phenoxy) is 2. The summed E-state index contributed by atoms with van der Waals surface area (Å²) in [6.07, 6.45) is 7.59. The first kappa shape index (κ1) is 22.8. The second-order valence-corrected chi connectivity index (χ2v) is 7.75. The number of aliphatic hydroxyl groups is 1. The Hall–Kier alpha value is -3.38. The maximum atomic E-state index is 9.12. The van der Waals surface area contributed by atoms with E-state index >= 15 is 0 Å². The maximum absolute atomic E-state index is 9.12. The van der Waals surface area contributed by atoms with E-state index < -0.39 is 0 Å². The van der Waals surface area contributed by atoms with Gasteiger partial charge in [-0.25, -0.2) is 9.97 Å². The lowest BCUT2D eigenvalue weighted by Gasteiger charge is -2.27. The first-order valence-corrected chi connectivity index (χ1v) is 11.2. The first-order valence-electron chi connectivity index (χ1n) is 11.2. The Kier molecular flexibility index (Phi) is 7.93. The molecule has 172 valence electrons. The SMILES string of the molecule is C#Cc1cccc(Nc2ncnc3cc(OCCCO)c(OCCN4CCNCC4)cc23)c1. The highest BCUT2D eigenvalue weighted by Crippen LogP contribution is 2.35. The predicted molar refractivity (Wildman–Crippen MR) is 129 cm³/mol. The number of nitrogens with zero attached hydrogens (tertiary/aromatic N) is 3. The average molecular weight is 448 g/mol. The van der Waals surface area contributed by atoms with Crippen molar-refractivity contribution < 1.29 is 14.6 Å². The van der Waals surface area contributed by atoms with Crippen molar-refractivity contribution in [3.8, 4) is 23.8 Å². The zero-order valence-corrected chi connectivity index (χ0v) is 18.6. The number of aliphatic hydroxyl groups excluding tert-OH is 1. The van der Waals surface area contributed by atoms with Crippen LogP contribution in [0.15, 0.2) is 42.7 Å². The number of hydrogen-bond donors (Lipinski definition) is 3. The molecule has 0 unspecified atom stereocenters. The summed E-state index contributed by atoms with van der Waals surface area (Å²) in [5.41, 5.74) is 2.36. The van der Waals surface area contributed by atoms with Crippen LogP contribution in [0, 0.1) is 12.3 Å². The molecular weight excluding hydrogens is 418 g/mol. The molecule has 3 aromatic rings. The van der Waals surface area contributed by atoms with Crippen molar-refractivity contribution in [2.45, 2.75) is 6.42 Å². The molecule has 1 aromatic heterocycles. The van der Waals surface area contributed by atoms with Crippen molar-refractivity contribution in [2.24, 2.45) is 0 Å². The van der Waals surface area contributed by atoms with E-state index in [1.54, 1.807) is 0 Å². The fourth-order valence-electron chi connectivity index (χ4n) is 3.68. The van der Waals surface area contributed by atoms with Crippen LogP contribution < -0.4 is 20.1 Å². The molecule has 1 saturated heterocycles. The average Bonchev–Trinajstić information content (AvgIpc) is 2.85. The highest BCUT2D eigenvalue weighted by molar-refractivity contribution is 5.93. The molecule has 0 amide bonds. The minimum absolute atomic E-state index is 0.0692. The number of hydrogen-bond acceptors (Lipinski definition) is 8. The Morgan fingerprint density at radius 2 is 1.91 bits per heavy atom. The number of benzene rings is 2. The number of piperazine rings is 1. The van der Waals surface area contributed by atoms with E-state index in [2.05, 4.69) is 31.4 Å². The molecule has 4 rings (SSSR count). The smallest absolute Gasteiger partial charge is 0.163 e. The summed E-state index contributed by atoms with van der Waals surface area (Å²) in [5.74, 6) is 4.54. The van der Waals surface area contributed by atoms with Gasteiger partial charge in [0, 0.05) is 68.5 Å². The van der Waals surface area contributed by atoms with Gasteiger partial charge in [0.25, 0.3) is 0 Å². The Labute approximate surface area is 193 Å².